The molecular formula is C19H35N3O3S. The molecule has 26 heavy (non-hydrogen) atoms. The molecule has 0 aromatic heterocycles. The van der Waals surface area contributed by atoms with Gasteiger partial charge in [-0.1, -0.05) is 38.5 Å². The lowest BCUT2D eigenvalue weighted by molar-refractivity contribution is 0.0129. The van der Waals surface area contributed by atoms with E-state index in [2.05, 4.69) is 10.2 Å². The van der Waals surface area contributed by atoms with Crippen LogP contribution in [-0.4, -0.2) is 66.7 Å². The summed E-state index contributed by atoms with van der Waals surface area (Å²) >= 11 is 0. The van der Waals surface area contributed by atoms with Crippen LogP contribution in [0.5, 0.6) is 0 Å². The third-order valence-corrected chi connectivity index (χ3v) is 9.05. The monoisotopic (exact) mass is 385 g/mol. The Bertz CT molecular complexity index is 606. The van der Waals surface area contributed by atoms with Crippen LogP contribution >= 0.6 is 0 Å². The molecule has 2 saturated carbocycles. The number of hydrogen-bond donors (Lipinski definition) is 2. The van der Waals surface area contributed by atoms with Gasteiger partial charge >= 0.3 is 0 Å². The van der Waals surface area contributed by atoms with Crippen LogP contribution in [0.25, 0.3) is 0 Å². The van der Waals surface area contributed by atoms with Crippen LogP contribution in [0, 0.1) is 0 Å². The molecule has 6 nitrogen and oxygen atoms in total. The normalized spacial score (nSPS) is 28.1. The van der Waals surface area contributed by atoms with Gasteiger partial charge in [0.15, 0.2) is 15.8 Å². The van der Waals surface area contributed by atoms with E-state index in [9.17, 15) is 13.5 Å². The fourth-order valence-electron chi connectivity index (χ4n) is 4.83. The summed E-state index contributed by atoms with van der Waals surface area (Å²) < 4.78 is 25.0. The lowest BCUT2D eigenvalue weighted by atomic mass is 9.85. The Labute approximate surface area is 158 Å². The first kappa shape index (κ1) is 19.9. The minimum absolute atomic E-state index is 0.210. The number of aliphatic imine (C=N–C) groups is 1. The predicted molar refractivity (Wildman–Crippen MR) is 105 cm³/mol. The van der Waals surface area contributed by atoms with Crippen molar-refractivity contribution in [3.63, 3.8) is 0 Å². The van der Waals surface area contributed by atoms with Crippen molar-refractivity contribution in [3.8, 4) is 0 Å². The molecule has 7 heteroatoms. The maximum absolute atomic E-state index is 12.8. The Hall–Kier alpha value is -0.820. The van der Waals surface area contributed by atoms with Gasteiger partial charge in [0.05, 0.1) is 22.6 Å². The molecule has 1 aliphatic heterocycles. The average Bonchev–Trinajstić information content (AvgIpc) is 2.63. The Balaban J connectivity index is 1.76. The van der Waals surface area contributed by atoms with E-state index < -0.39 is 20.2 Å². The van der Waals surface area contributed by atoms with Gasteiger partial charge in [-0.15, -0.1) is 0 Å². The first-order chi connectivity index (χ1) is 12.4. The van der Waals surface area contributed by atoms with E-state index in [0.29, 0.717) is 19.6 Å². The van der Waals surface area contributed by atoms with Gasteiger partial charge in [0.2, 0.25) is 0 Å². The number of hydrogen-bond acceptors (Lipinski definition) is 4. The third kappa shape index (κ3) is 4.19. The molecule has 2 aliphatic carbocycles. The van der Waals surface area contributed by atoms with E-state index in [1.165, 1.54) is 6.42 Å². The number of nitrogens with zero attached hydrogens (tertiary/aromatic N) is 2. The molecule has 2 N–H and O–H groups in total. The van der Waals surface area contributed by atoms with Gasteiger partial charge in [0, 0.05) is 19.6 Å². The first-order valence-electron chi connectivity index (χ1n) is 10.4. The Morgan fingerprint density at radius 2 is 1.69 bits per heavy atom. The molecule has 3 aliphatic rings. The zero-order chi connectivity index (χ0) is 18.7. The minimum Gasteiger partial charge on any atom is -0.388 e. The van der Waals surface area contributed by atoms with Crippen molar-refractivity contribution in [3.05, 3.63) is 0 Å². The molecule has 0 amide bonds. The van der Waals surface area contributed by atoms with E-state index in [1.807, 2.05) is 6.92 Å². The molecule has 150 valence electrons. The summed E-state index contributed by atoms with van der Waals surface area (Å²) in [6.45, 7) is 4.22. The first-order valence-corrected chi connectivity index (χ1v) is 12.0. The van der Waals surface area contributed by atoms with Crippen LogP contribution in [0.4, 0.5) is 0 Å². The highest BCUT2D eigenvalue weighted by molar-refractivity contribution is 7.92. The molecule has 3 rings (SSSR count). The highest BCUT2D eigenvalue weighted by Crippen LogP contribution is 2.38. The van der Waals surface area contributed by atoms with Crippen molar-refractivity contribution >= 4 is 15.8 Å². The van der Waals surface area contributed by atoms with Crippen LogP contribution in [0.3, 0.4) is 0 Å². The largest absolute Gasteiger partial charge is 0.388 e. The van der Waals surface area contributed by atoms with Crippen LogP contribution in [-0.2, 0) is 9.84 Å². The van der Waals surface area contributed by atoms with E-state index in [0.717, 1.165) is 70.3 Å². The second kappa shape index (κ2) is 8.05. The Kier molecular flexibility index (Phi) is 6.17. The standard InChI is InChI=1S/C19H35N3O3S/c1-2-20-17(21-15-18(23)9-5-3-6-10-18)22-13-14-26(24,25)19(16-22)11-7-4-8-12-19/h23H,2-16H2,1H3,(H,20,21). The molecule has 1 spiro atoms. The molecule has 0 atom stereocenters. The topological polar surface area (TPSA) is 82.0 Å². The number of nitrogens with one attached hydrogen (secondary N) is 1. The maximum atomic E-state index is 12.8. The van der Waals surface area contributed by atoms with Gasteiger partial charge in [0.25, 0.3) is 0 Å². The molecule has 1 heterocycles. The highest BCUT2D eigenvalue weighted by Gasteiger charge is 2.48. The zero-order valence-corrected chi connectivity index (χ0v) is 17.0. The average molecular weight is 386 g/mol. The molecule has 1 saturated heterocycles. The van der Waals surface area contributed by atoms with E-state index >= 15 is 0 Å². The van der Waals surface area contributed by atoms with Gasteiger partial charge in [0.1, 0.15) is 0 Å². The van der Waals surface area contributed by atoms with E-state index in [4.69, 9.17) is 4.99 Å². The lowest BCUT2D eigenvalue weighted by Crippen LogP contribution is -2.60. The smallest absolute Gasteiger partial charge is 0.194 e. The fraction of sp³-hybridized carbons (Fsp3) is 0.947. The van der Waals surface area contributed by atoms with Gasteiger partial charge in [-0.2, -0.15) is 0 Å². The molecule has 0 aromatic rings. The Morgan fingerprint density at radius 3 is 2.31 bits per heavy atom. The van der Waals surface area contributed by atoms with Crippen molar-refractivity contribution in [2.45, 2.75) is 81.5 Å². The summed E-state index contributed by atoms with van der Waals surface area (Å²) in [5, 5.41) is 14.1. The second-order valence-electron chi connectivity index (χ2n) is 8.44. The lowest BCUT2D eigenvalue weighted by Gasteiger charge is -2.45. The summed E-state index contributed by atoms with van der Waals surface area (Å²) in [7, 11) is -3.05. The van der Waals surface area contributed by atoms with Crippen LogP contribution in [0.15, 0.2) is 4.99 Å². The molecule has 0 aromatic carbocycles. The SMILES string of the molecule is CCNC(=NCC1(O)CCCCC1)N1CCS(=O)(=O)C2(CCCCC2)C1. The van der Waals surface area contributed by atoms with Gasteiger partial charge < -0.3 is 15.3 Å². The van der Waals surface area contributed by atoms with Crippen molar-refractivity contribution in [1.29, 1.82) is 0 Å². The van der Waals surface area contributed by atoms with Crippen LogP contribution in [0.2, 0.25) is 0 Å². The zero-order valence-electron chi connectivity index (χ0n) is 16.2. The van der Waals surface area contributed by atoms with Crippen molar-refractivity contribution < 1.29 is 13.5 Å². The second-order valence-corrected chi connectivity index (χ2v) is 10.9. The third-order valence-electron chi connectivity index (χ3n) is 6.48. The quantitative estimate of drug-likeness (QED) is 0.574. The molecule has 3 fully saturated rings. The van der Waals surface area contributed by atoms with Crippen molar-refractivity contribution in [1.82, 2.24) is 10.2 Å². The fourth-order valence-corrected chi connectivity index (χ4v) is 6.99. The van der Waals surface area contributed by atoms with Crippen LogP contribution in [0.1, 0.15) is 71.1 Å². The van der Waals surface area contributed by atoms with Gasteiger partial charge in [-0.25, -0.2) is 8.42 Å². The molecule has 0 radical (unpaired) electrons. The molecular weight excluding hydrogens is 350 g/mol. The molecule has 0 bridgehead atoms. The summed E-state index contributed by atoms with van der Waals surface area (Å²) in [6.07, 6.45) is 9.63. The number of aliphatic hydroxyl groups is 1. The minimum atomic E-state index is -3.05. The van der Waals surface area contributed by atoms with E-state index in [-0.39, 0.29) is 5.75 Å². The summed E-state index contributed by atoms with van der Waals surface area (Å²) in [4.78, 5) is 6.87. The number of guanidine groups is 1. The molecule has 0 unspecified atom stereocenters. The predicted octanol–water partition coefficient (Wildman–Crippen LogP) is 2.08. The maximum Gasteiger partial charge on any atom is 0.194 e. The van der Waals surface area contributed by atoms with Crippen molar-refractivity contribution in [2.24, 2.45) is 4.99 Å². The number of sulfone groups is 1. The summed E-state index contributed by atoms with van der Waals surface area (Å²) in [5.74, 6) is 0.980. The summed E-state index contributed by atoms with van der Waals surface area (Å²) in [5.41, 5.74) is -0.691. The van der Waals surface area contributed by atoms with Crippen molar-refractivity contribution in [2.75, 3.05) is 31.9 Å². The van der Waals surface area contributed by atoms with Gasteiger partial charge in [-0.05, 0) is 32.6 Å². The highest BCUT2D eigenvalue weighted by atomic mass is 32.2. The van der Waals surface area contributed by atoms with E-state index in [1.54, 1.807) is 0 Å². The summed E-state index contributed by atoms with van der Waals surface area (Å²) in [6, 6.07) is 0. The Morgan fingerprint density at radius 1 is 1.08 bits per heavy atom. The van der Waals surface area contributed by atoms with Gasteiger partial charge in [-0.3, -0.25) is 4.99 Å². The number of rotatable bonds is 3. The van der Waals surface area contributed by atoms with Crippen LogP contribution < -0.4 is 5.32 Å².